The van der Waals surface area contributed by atoms with Crippen molar-refractivity contribution in [2.45, 2.75) is 115 Å². The van der Waals surface area contributed by atoms with E-state index < -0.39 is 40.4 Å². The molecule has 9 nitrogen and oxygen atoms in total. The summed E-state index contributed by atoms with van der Waals surface area (Å²) in [6, 6.07) is 11.5. The molecule has 1 aliphatic heterocycles. The first-order chi connectivity index (χ1) is 16.9. The zero-order valence-corrected chi connectivity index (χ0v) is 23.6. The number of hydroxylamine groups is 2. The molecule has 1 aromatic carbocycles. The number of alkyl carbamates (subject to hydrolysis) is 1. The fourth-order valence-electron chi connectivity index (χ4n) is 4.77. The van der Waals surface area contributed by atoms with Crippen molar-refractivity contribution >= 4 is 12.1 Å². The number of nitrogens with one attached hydrogen (secondary N) is 1. The fourth-order valence-corrected chi connectivity index (χ4v) is 4.77. The third kappa shape index (κ3) is 9.62. The van der Waals surface area contributed by atoms with Crippen LogP contribution < -0.4 is 11.1 Å². The minimum atomic E-state index is -1.08. The molecule has 1 saturated heterocycles. The number of amides is 1. The second kappa shape index (κ2) is 11.8. The van der Waals surface area contributed by atoms with Crippen molar-refractivity contribution in [3.05, 3.63) is 35.9 Å². The summed E-state index contributed by atoms with van der Waals surface area (Å²) in [5.41, 5.74) is 4.14. The van der Waals surface area contributed by atoms with Gasteiger partial charge < -0.3 is 20.5 Å². The van der Waals surface area contributed by atoms with E-state index >= 15 is 0 Å². The van der Waals surface area contributed by atoms with E-state index in [0.717, 1.165) is 5.56 Å². The SMILES string of the molecule is CC(N)(C#N)CCC(=O)OCC(ON1C(C)(C)CC(NC(=O)OC(C)(C)C)CC1(C)C)c1ccccc1. The van der Waals surface area contributed by atoms with Gasteiger partial charge in [0.05, 0.1) is 6.07 Å². The number of benzene rings is 1. The van der Waals surface area contributed by atoms with Crippen LogP contribution in [0.2, 0.25) is 0 Å². The number of hydrogen-bond donors (Lipinski definition) is 2. The molecule has 1 heterocycles. The summed E-state index contributed by atoms with van der Waals surface area (Å²) in [7, 11) is 0. The summed E-state index contributed by atoms with van der Waals surface area (Å²) in [6.07, 6.45) is 0.551. The average Bonchev–Trinajstić information content (AvgIpc) is 2.75. The molecule has 3 N–H and O–H groups in total. The monoisotopic (exact) mass is 516 g/mol. The Morgan fingerprint density at radius 2 is 1.70 bits per heavy atom. The molecular formula is C28H44N4O5. The minimum Gasteiger partial charge on any atom is -0.462 e. The number of nitrogens with zero attached hydrogens (tertiary/aromatic N) is 2. The smallest absolute Gasteiger partial charge is 0.407 e. The summed E-state index contributed by atoms with van der Waals surface area (Å²) in [6.45, 7) is 15.4. The summed E-state index contributed by atoms with van der Waals surface area (Å²) in [5, 5.41) is 14.1. The first kappa shape index (κ1) is 30.6. The van der Waals surface area contributed by atoms with Gasteiger partial charge in [-0.15, -0.1) is 0 Å². The van der Waals surface area contributed by atoms with E-state index in [1.54, 1.807) is 6.92 Å². The van der Waals surface area contributed by atoms with E-state index in [-0.39, 0.29) is 25.5 Å². The van der Waals surface area contributed by atoms with Crippen molar-refractivity contribution < 1.29 is 23.9 Å². The predicted octanol–water partition coefficient (Wildman–Crippen LogP) is 4.77. The topological polar surface area (TPSA) is 127 Å². The van der Waals surface area contributed by atoms with Gasteiger partial charge in [-0.05, 0) is 80.2 Å². The van der Waals surface area contributed by atoms with E-state index in [9.17, 15) is 9.59 Å². The highest BCUT2D eigenvalue weighted by Crippen LogP contribution is 2.41. The van der Waals surface area contributed by atoms with E-state index in [2.05, 4.69) is 33.0 Å². The zero-order chi connectivity index (χ0) is 28.1. The van der Waals surface area contributed by atoms with Crippen LogP contribution in [0.5, 0.6) is 0 Å². The number of carbonyl (C=O) groups is 2. The van der Waals surface area contributed by atoms with Crippen LogP contribution in [0.25, 0.3) is 0 Å². The van der Waals surface area contributed by atoms with Gasteiger partial charge in [-0.1, -0.05) is 30.3 Å². The maximum Gasteiger partial charge on any atom is 0.407 e. The van der Waals surface area contributed by atoms with Crippen LogP contribution in [-0.4, -0.2) is 52.0 Å². The highest BCUT2D eigenvalue weighted by atomic mass is 16.7. The lowest BCUT2D eigenvalue weighted by Gasteiger charge is -2.54. The number of nitrogens with two attached hydrogens (primary N) is 1. The van der Waals surface area contributed by atoms with E-state index in [0.29, 0.717) is 12.8 Å². The minimum absolute atomic E-state index is 0.0128. The number of esters is 1. The van der Waals surface area contributed by atoms with Gasteiger partial charge in [0.2, 0.25) is 0 Å². The van der Waals surface area contributed by atoms with Crippen LogP contribution in [0.4, 0.5) is 4.79 Å². The molecule has 0 aliphatic carbocycles. The standard InChI is InChI=1S/C28H44N4O5/c1-25(2,3)36-24(34)31-21-16-26(4,5)32(27(6,7)17-21)37-22(20-12-10-9-11-13-20)18-35-23(33)14-15-28(8,30)19-29/h9-13,21-22H,14-18,30H2,1-8H3,(H,31,34). The average molecular weight is 517 g/mol. The van der Waals surface area contributed by atoms with Crippen LogP contribution in [-0.2, 0) is 19.1 Å². The molecule has 0 radical (unpaired) electrons. The van der Waals surface area contributed by atoms with Gasteiger partial charge in [-0.3, -0.25) is 9.63 Å². The second-order valence-electron chi connectivity index (χ2n) is 12.4. The number of ether oxygens (including phenoxy) is 2. The van der Waals surface area contributed by atoms with Crippen molar-refractivity contribution in [1.29, 1.82) is 5.26 Å². The highest BCUT2D eigenvalue weighted by molar-refractivity contribution is 5.69. The number of piperidine rings is 1. The lowest BCUT2D eigenvalue weighted by molar-refractivity contribution is -0.314. The van der Waals surface area contributed by atoms with Crippen LogP contribution >= 0.6 is 0 Å². The highest BCUT2D eigenvalue weighted by Gasteiger charge is 2.48. The molecule has 2 unspecified atom stereocenters. The van der Waals surface area contributed by atoms with Crippen LogP contribution in [0, 0.1) is 11.3 Å². The molecule has 0 aromatic heterocycles. The summed E-state index contributed by atoms with van der Waals surface area (Å²) in [4.78, 5) is 31.4. The summed E-state index contributed by atoms with van der Waals surface area (Å²) < 4.78 is 11.0. The Balaban J connectivity index is 2.14. The molecule has 2 rings (SSSR count). The maximum absolute atomic E-state index is 12.4. The largest absolute Gasteiger partial charge is 0.462 e. The molecule has 206 valence electrons. The third-order valence-corrected chi connectivity index (χ3v) is 6.22. The van der Waals surface area contributed by atoms with Gasteiger partial charge in [0.25, 0.3) is 0 Å². The molecule has 1 amide bonds. The van der Waals surface area contributed by atoms with Crippen molar-refractivity contribution in [2.24, 2.45) is 5.73 Å². The zero-order valence-electron chi connectivity index (χ0n) is 23.6. The van der Waals surface area contributed by atoms with Gasteiger partial charge >= 0.3 is 12.1 Å². The predicted molar refractivity (Wildman–Crippen MR) is 141 cm³/mol. The van der Waals surface area contributed by atoms with E-state index in [4.69, 9.17) is 25.3 Å². The van der Waals surface area contributed by atoms with E-state index in [1.807, 2.05) is 62.2 Å². The number of nitriles is 1. The Morgan fingerprint density at radius 3 is 2.22 bits per heavy atom. The first-order valence-corrected chi connectivity index (χ1v) is 12.8. The Kier molecular flexibility index (Phi) is 9.75. The van der Waals surface area contributed by atoms with Gasteiger partial charge in [-0.2, -0.15) is 10.3 Å². The Labute approximate surface area is 221 Å². The van der Waals surface area contributed by atoms with Crippen LogP contribution in [0.3, 0.4) is 0 Å². The lowest BCUT2D eigenvalue weighted by atomic mass is 9.79. The van der Waals surface area contributed by atoms with Crippen molar-refractivity contribution in [1.82, 2.24) is 10.4 Å². The maximum atomic E-state index is 12.4. The molecule has 0 bridgehead atoms. The molecular weight excluding hydrogens is 472 g/mol. The molecule has 37 heavy (non-hydrogen) atoms. The summed E-state index contributed by atoms with van der Waals surface area (Å²) >= 11 is 0. The van der Waals surface area contributed by atoms with Crippen molar-refractivity contribution in [3.8, 4) is 6.07 Å². The Bertz CT molecular complexity index is 945. The third-order valence-electron chi connectivity index (χ3n) is 6.22. The van der Waals surface area contributed by atoms with Crippen LogP contribution in [0.15, 0.2) is 30.3 Å². The first-order valence-electron chi connectivity index (χ1n) is 12.8. The van der Waals surface area contributed by atoms with Gasteiger partial charge in [0.15, 0.2) is 0 Å². The molecule has 0 spiro atoms. The molecule has 1 aromatic rings. The van der Waals surface area contributed by atoms with Gasteiger partial charge in [0, 0.05) is 23.5 Å². The quantitative estimate of drug-likeness (QED) is 0.449. The van der Waals surface area contributed by atoms with Crippen LogP contribution in [0.1, 0.15) is 92.7 Å². The lowest BCUT2D eigenvalue weighted by Crippen LogP contribution is -2.64. The Morgan fingerprint density at radius 1 is 1.14 bits per heavy atom. The molecule has 1 aliphatic rings. The summed E-state index contributed by atoms with van der Waals surface area (Å²) in [5.74, 6) is -0.435. The second-order valence-corrected chi connectivity index (χ2v) is 12.4. The molecule has 2 atom stereocenters. The number of hydrogen-bond acceptors (Lipinski definition) is 8. The Hall–Kier alpha value is -2.67. The molecule has 0 saturated carbocycles. The normalized spacial score (nSPS) is 20.2. The van der Waals surface area contributed by atoms with Crippen molar-refractivity contribution in [3.63, 3.8) is 0 Å². The fraction of sp³-hybridized carbons (Fsp3) is 0.679. The number of rotatable bonds is 9. The van der Waals surface area contributed by atoms with E-state index in [1.165, 1.54) is 0 Å². The number of carbonyl (C=O) groups excluding carboxylic acids is 2. The molecule has 1 fully saturated rings. The van der Waals surface area contributed by atoms with Crippen molar-refractivity contribution in [2.75, 3.05) is 6.61 Å². The van der Waals surface area contributed by atoms with Gasteiger partial charge in [-0.25, -0.2) is 4.79 Å². The van der Waals surface area contributed by atoms with Gasteiger partial charge in [0.1, 0.15) is 23.9 Å². The molecule has 9 heteroatoms.